The Morgan fingerprint density at radius 2 is 2.19 bits per heavy atom. The highest BCUT2D eigenvalue weighted by molar-refractivity contribution is 7.99. The molecule has 0 saturated heterocycles. The zero-order valence-corrected chi connectivity index (χ0v) is 11.9. The molecule has 0 radical (unpaired) electrons. The number of aliphatic carboxylic acids is 1. The minimum absolute atomic E-state index is 0.110. The number of nitrogens with zero attached hydrogens (tertiary/aromatic N) is 2. The molecule has 0 aliphatic carbocycles. The van der Waals surface area contributed by atoms with Crippen LogP contribution < -0.4 is 0 Å². The number of fused-ring (bicyclic) bond motifs is 1. The second-order valence-electron chi connectivity index (χ2n) is 4.18. The molecule has 0 bridgehead atoms. The Labute approximate surface area is 123 Å². The highest BCUT2D eigenvalue weighted by Gasteiger charge is 2.12. The van der Waals surface area contributed by atoms with Crippen LogP contribution >= 0.6 is 11.8 Å². The summed E-state index contributed by atoms with van der Waals surface area (Å²) in [6.45, 7) is -0.148. The van der Waals surface area contributed by atoms with Crippen molar-refractivity contribution in [3.05, 3.63) is 24.3 Å². The zero-order valence-electron chi connectivity index (χ0n) is 11.0. The topological polar surface area (TPSA) is 64.3 Å². The van der Waals surface area contributed by atoms with Crippen LogP contribution in [0.15, 0.2) is 29.4 Å². The number of rotatable bonds is 8. The standard InChI is InChI=1S/C13H14F2N2O3S/c14-11(15)7-20-6-5-17-10-4-2-1-3-9(10)16-13(17)21-8-12(18)19/h1-4,11H,5-8H2,(H,18,19). The predicted octanol–water partition coefficient (Wildman–Crippen LogP) is 2.49. The predicted molar refractivity (Wildman–Crippen MR) is 74.9 cm³/mol. The van der Waals surface area contributed by atoms with E-state index in [1.807, 2.05) is 24.3 Å². The van der Waals surface area contributed by atoms with Gasteiger partial charge in [-0.3, -0.25) is 4.79 Å². The van der Waals surface area contributed by atoms with Crippen LogP contribution in [0.5, 0.6) is 0 Å². The molecule has 1 N–H and O–H groups in total. The summed E-state index contributed by atoms with van der Waals surface area (Å²) in [5.74, 6) is -1.05. The van der Waals surface area contributed by atoms with Crippen LogP contribution in [0.4, 0.5) is 8.78 Å². The molecular weight excluding hydrogens is 302 g/mol. The highest BCUT2D eigenvalue weighted by Crippen LogP contribution is 2.23. The molecule has 0 aliphatic heterocycles. The molecular formula is C13H14F2N2O3S. The molecule has 1 heterocycles. The normalized spacial score (nSPS) is 11.4. The molecule has 0 spiro atoms. The van der Waals surface area contributed by atoms with E-state index in [0.29, 0.717) is 11.7 Å². The van der Waals surface area contributed by atoms with E-state index in [4.69, 9.17) is 9.84 Å². The van der Waals surface area contributed by atoms with Crippen LogP contribution in [0, 0.1) is 0 Å². The average molecular weight is 316 g/mol. The fourth-order valence-electron chi connectivity index (χ4n) is 1.83. The summed E-state index contributed by atoms with van der Waals surface area (Å²) in [5.41, 5.74) is 1.56. The van der Waals surface area contributed by atoms with Gasteiger partial charge in [-0.05, 0) is 12.1 Å². The maximum Gasteiger partial charge on any atom is 0.313 e. The van der Waals surface area contributed by atoms with Crippen molar-refractivity contribution in [1.29, 1.82) is 0 Å². The zero-order chi connectivity index (χ0) is 15.2. The number of carboxylic acids is 1. The first-order chi connectivity index (χ1) is 10.1. The lowest BCUT2D eigenvalue weighted by Gasteiger charge is -2.08. The number of aromatic nitrogens is 2. The molecule has 0 unspecified atom stereocenters. The van der Waals surface area contributed by atoms with Crippen LogP contribution in [-0.2, 0) is 16.1 Å². The van der Waals surface area contributed by atoms with E-state index in [2.05, 4.69) is 4.98 Å². The van der Waals surface area contributed by atoms with Gasteiger partial charge in [0.25, 0.3) is 6.43 Å². The van der Waals surface area contributed by atoms with Crippen LogP contribution in [0.3, 0.4) is 0 Å². The highest BCUT2D eigenvalue weighted by atomic mass is 32.2. The third-order valence-electron chi connectivity index (χ3n) is 2.65. The fraction of sp³-hybridized carbons (Fsp3) is 0.385. The Bertz CT molecular complexity index is 618. The van der Waals surface area contributed by atoms with Gasteiger partial charge in [0.15, 0.2) is 5.16 Å². The Kier molecular flexibility index (Phi) is 5.51. The van der Waals surface area contributed by atoms with Crippen molar-refractivity contribution in [2.75, 3.05) is 19.0 Å². The SMILES string of the molecule is O=C(O)CSc1nc2ccccc2n1CCOCC(F)F. The van der Waals surface area contributed by atoms with Gasteiger partial charge in [0.1, 0.15) is 6.61 Å². The lowest BCUT2D eigenvalue weighted by Crippen LogP contribution is -2.11. The second-order valence-corrected chi connectivity index (χ2v) is 5.13. The molecule has 114 valence electrons. The van der Waals surface area contributed by atoms with E-state index >= 15 is 0 Å². The van der Waals surface area contributed by atoms with Crippen LogP contribution in [0.25, 0.3) is 11.0 Å². The number of carbonyl (C=O) groups is 1. The van der Waals surface area contributed by atoms with Gasteiger partial charge in [0.2, 0.25) is 0 Å². The lowest BCUT2D eigenvalue weighted by molar-refractivity contribution is -0.133. The molecule has 0 saturated carbocycles. The van der Waals surface area contributed by atoms with Gasteiger partial charge in [-0.1, -0.05) is 23.9 Å². The molecule has 8 heteroatoms. The fourth-order valence-corrected chi connectivity index (χ4v) is 2.60. The first-order valence-electron chi connectivity index (χ1n) is 6.23. The van der Waals surface area contributed by atoms with Gasteiger partial charge in [-0.25, -0.2) is 13.8 Å². The summed E-state index contributed by atoms with van der Waals surface area (Å²) in [6.07, 6.45) is -2.50. The third kappa shape index (κ3) is 4.40. The van der Waals surface area contributed by atoms with Crippen molar-refractivity contribution in [1.82, 2.24) is 9.55 Å². The van der Waals surface area contributed by atoms with Gasteiger partial charge >= 0.3 is 5.97 Å². The first-order valence-corrected chi connectivity index (χ1v) is 7.22. The van der Waals surface area contributed by atoms with E-state index in [1.165, 1.54) is 0 Å². The number of ether oxygens (including phenoxy) is 1. The van der Waals surface area contributed by atoms with E-state index in [0.717, 1.165) is 22.8 Å². The lowest BCUT2D eigenvalue weighted by atomic mass is 10.3. The Hall–Kier alpha value is -1.67. The number of para-hydroxylation sites is 2. The van der Waals surface area contributed by atoms with Crippen molar-refractivity contribution < 1.29 is 23.4 Å². The maximum absolute atomic E-state index is 12.0. The molecule has 0 fully saturated rings. The van der Waals surface area contributed by atoms with Crippen molar-refractivity contribution in [2.45, 2.75) is 18.1 Å². The number of hydrogen-bond acceptors (Lipinski definition) is 4. The molecule has 5 nitrogen and oxygen atoms in total. The number of thioether (sulfide) groups is 1. The van der Waals surface area contributed by atoms with Crippen LogP contribution in [0.2, 0.25) is 0 Å². The minimum Gasteiger partial charge on any atom is -0.481 e. The molecule has 0 atom stereocenters. The maximum atomic E-state index is 12.0. The van der Waals surface area contributed by atoms with Crippen molar-refractivity contribution in [3.63, 3.8) is 0 Å². The Morgan fingerprint density at radius 1 is 1.43 bits per heavy atom. The van der Waals surface area contributed by atoms with E-state index in [9.17, 15) is 13.6 Å². The smallest absolute Gasteiger partial charge is 0.313 e. The summed E-state index contributed by atoms with van der Waals surface area (Å²) in [6, 6.07) is 7.34. The van der Waals surface area contributed by atoms with Crippen molar-refractivity contribution in [3.8, 4) is 0 Å². The van der Waals surface area contributed by atoms with E-state index in [-0.39, 0.29) is 12.4 Å². The monoisotopic (exact) mass is 316 g/mol. The summed E-state index contributed by atoms with van der Waals surface area (Å²) in [7, 11) is 0. The van der Waals surface area contributed by atoms with E-state index < -0.39 is 19.0 Å². The Balaban J connectivity index is 2.13. The van der Waals surface area contributed by atoms with Crippen molar-refractivity contribution >= 4 is 28.8 Å². The summed E-state index contributed by atoms with van der Waals surface area (Å²) in [4.78, 5) is 15.0. The summed E-state index contributed by atoms with van der Waals surface area (Å²) >= 11 is 1.09. The molecule has 1 aromatic carbocycles. The van der Waals surface area contributed by atoms with E-state index in [1.54, 1.807) is 4.57 Å². The van der Waals surface area contributed by atoms with Crippen molar-refractivity contribution in [2.24, 2.45) is 0 Å². The number of benzene rings is 1. The number of alkyl halides is 2. The molecule has 2 aromatic rings. The number of halogens is 2. The van der Waals surface area contributed by atoms with Gasteiger partial charge in [0, 0.05) is 6.54 Å². The van der Waals surface area contributed by atoms with Crippen LogP contribution in [-0.4, -0.2) is 46.0 Å². The first kappa shape index (κ1) is 15.7. The van der Waals surface area contributed by atoms with Gasteiger partial charge in [-0.2, -0.15) is 0 Å². The average Bonchev–Trinajstić information content (AvgIpc) is 2.79. The summed E-state index contributed by atoms with van der Waals surface area (Å²) in [5, 5.41) is 9.29. The summed E-state index contributed by atoms with van der Waals surface area (Å²) < 4.78 is 30.7. The number of carboxylic acid groups (broad SMARTS) is 1. The van der Waals surface area contributed by atoms with Gasteiger partial charge in [0.05, 0.1) is 23.4 Å². The second kappa shape index (κ2) is 7.37. The quantitative estimate of drug-likeness (QED) is 0.599. The Morgan fingerprint density at radius 3 is 2.90 bits per heavy atom. The molecule has 0 aliphatic rings. The third-order valence-corrected chi connectivity index (χ3v) is 3.61. The molecule has 21 heavy (non-hydrogen) atoms. The molecule has 2 rings (SSSR count). The van der Waals surface area contributed by atoms with Gasteiger partial charge < -0.3 is 14.4 Å². The largest absolute Gasteiger partial charge is 0.481 e. The minimum atomic E-state index is -2.50. The van der Waals surface area contributed by atoms with Crippen LogP contribution in [0.1, 0.15) is 0 Å². The van der Waals surface area contributed by atoms with Gasteiger partial charge in [-0.15, -0.1) is 0 Å². The number of imidazole rings is 1. The number of hydrogen-bond donors (Lipinski definition) is 1. The molecule has 1 aromatic heterocycles. The molecule has 0 amide bonds.